The van der Waals surface area contributed by atoms with Crippen LogP contribution in [0.25, 0.3) is 0 Å². The van der Waals surface area contributed by atoms with Crippen LogP contribution in [0.5, 0.6) is 0 Å². The Bertz CT molecular complexity index is 824. The van der Waals surface area contributed by atoms with Crippen molar-refractivity contribution < 1.29 is 4.79 Å². The lowest BCUT2D eigenvalue weighted by atomic mass is 10.0. The minimum Gasteiger partial charge on any atom is -0.380 e. The van der Waals surface area contributed by atoms with E-state index in [-0.39, 0.29) is 17.9 Å². The predicted molar refractivity (Wildman–Crippen MR) is 93.5 cm³/mol. The van der Waals surface area contributed by atoms with Crippen molar-refractivity contribution in [3.05, 3.63) is 59.7 Å². The van der Waals surface area contributed by atoms with Crippen molar-refractivity contribution in [2.75, 3.05) is 10.2 Å². The van der Waals surface area contributed by atoms with Gasteiger partial charge in [0.15, 0.2) is 0 Å². The average Bonchev–Trinajstić information content (AvgIpc) is 3.04. The Labute approximate surface area is 141 Å². The van der Waals surface area contributed by atoms with E-state index in [1.54, 1.807) is 6.07 Å². The number of fused-ring (bicyclic) bond motifs is 2. The van der Waals surface area contributed by atoms with Crippen LogP contribution in [-0.4, -0.2) is 11.9 Å². The minimum atomic E-state index is 0.0385. The van der Waals surface area contributed by atoms with Crippen LogP contribution >= 0.6 is 0 Å². The highest BCUT2D eigenvalue weighted by Crippen LogP contribution is 2.39. The van der Waals surface area contributed by atoms with E-state index in [4.69, 9.17) is 5.26 Å². The molecule has 1 fully saturated rings. The monoisotopic (exact) mass is 317 g/mol. The topological polar surface area (TPSA) is 56.1 Å². The molecule has 0 saturated heterocycles. The number of nitrogens with zero attached hydrogens (tertiary/aromatic N) is 2. The van der Waals surface area contributed by atoms with Crippen LogP contribution in [-0.2, 0) is 11.3 Å². The molecule has 2 aromatic carbocycles. The fraction of sp³-hybridized carbons (Fsp3) is 0.300. The minimum absolute atomic E-state index is 0.0385. The van der Waals surface area contributed by atoms with Gasteiger partial charge in [-0.05, 0) is 42.7 Å². The third-order valence-electron chi connectivity index (χ3n) is 5.03. The fourth-order valence-electron chi connectivity index (χ4n) is 3.86. The van der Waals surface area contributed by atoms with E-state index < -0.39 is 0 Å². The molecule has 0 bridgehead atoms. The number of hydrogen-bond donors (Lipinski definition) is 1. The molecule has 1 aliphatic heterocycles. The molecule has 4 rings (SSSR count). The molecule has 0 aromatic heterocycles. The quantitative estimate of drug-likeness (QED) is 0.919. The van der Waals surface area contributed by atoms with Gasteiger partial charge in [-0.1, -0.05) is 30.7 Å². The van der Waals surface area contributed by atoms with Crippen molar-refractivity contribution in [2.24, 2.45) is 5.92 Å². The van der Waals surface area contributed by atoms with E-state index in [0.717, 1.165) is 36.2 Å². The Balaban J connectivity index is 1.74. The van der Waals surface area contributed by atoms with E-state index in [0.29, 0.717) is 12.1 Å². The number of nitrogens with one attached hydrogen (secondary N) is 1. The maximum atomic E-state index is 13.2. The lowest BCUT2D eigenvalue weighted by Crippen LogP contribution is -2.38. The number of rotatable bonds is 2. The van der Waals surface area contributed by atoms with Gasteiger partial charge in [-0.3, -0.25) is 4.79 Å². The lowest BCUT2D eigenvalue weighted by Gasteiger charge is -2.25. The molecule has 4 heteroatoms. The third kappa shape index (κ3) is 2.52. The van der Waals surface area contributed by atoms with Crippen molar-refractivity contribution in [3.63, 3.8) is 0 Å². The largest absolute Gasteiger partial charge is 0.380 e. The molecule has 1 saturated carbocycles. The number of carbonyl (C=O) groups is 1. The zero-order chi connectivity index (χ0) is 16.5. The number of benzene rings is 2. The fourth-order valence-corrected chi connectivity index (χ4v) is 3.86. The summed E-state index contributed by atoms with van der Waals surface area (Å²) < 4.78 is 0. The molecule has 2 atom stereocenters. The molecule has 1 heterocycles. The Kier molecular flexibility index (Phi) is 3.70. The molecule has 2 aliphatic rings. The number of hydrogen-bond acceptors (Lipinski definition) is 3. The number of para-hydroxylation sites is 2. The first-order valence-electron chi connectivity index (χ1n) is 8.42. The highest BCUT2D eigenvalue weighted by Gasteiger charge is 2.39. The molecule has 2 aromatic rings. The summed E-state index contributed by atoms with van der Waals surface area (Å²) in [6, 6.07) is 17.9. The standard InChI is InChI=1S/C20H19N3O/c21-12-14-5-3-6-15(11-14)13-23-19-10-2-1-8-18(19)22-17-9-4-7-16(17)20(23)24/h1-3,5-6,8,10-11,16-17,22H,4,7,9,13H2/t16-,17+/m0/s1. The Morgan fingerprint density at radius 1 is 1.17 bits per heavy atom. The van der Waals surface area contributed by atoms with E-state index in [9.17, 15) is 4.79 Å². The number of anilines is 2. The summed E-state index contributed by atoms with van der Waals surface area (Å²) in [4.78, 5) is 15.1. The van der Waals surface area contributed by atoms with Gasteiger partial charge in [0.1, 0.15) is 0 Å². The van der Waals surface area contributed by atoms with Gasteiger partial charge in [0.05, 0.1) is 35.5 Å². The van der Waals surface area contributed by atoms with Crippen molar-refractivity contribution in [2.45, 2.75) is 31.8 Å². The summed E-state index contributed by atoms with van der Waals surface area (Å²) in [6.07, 6.45) is 3.08. The number of amides is 1. The van der Waals surface area contributed by atoms with Crippen molar-refractivity contribution in [1.29, 1.82) is 5.26 Å². The van der Waals surface area contributed by atoms with E-state index in [1.165, 1.54) is 0 Å². The van der Waals surface area contributed by atoms with Crippen LogP contribution in [0.4, 0.5) is 11.4 Å². The van der Waals surface area contributed by atoms with Crippen LogP contribution in [0.3, 0.4) is 0 Å². The summed E-state index contributed by atoms with van der Waals surface area (Å²) in [5.41, 5.74) is 3.56. The molecular formula is C20H19N3O. The smallest absolute Gasteiger partial charge is 0.232 e. The van der Waals surface area contributed by atoms with E-state index in [2.05, 4.69) is 11.4 Å². The van der Waals surface area contributed by atoms with Gasteiger partial charge >= 0.3 is 0 Å². The van der Waals surface area contributed by atoms with Crippen molar-refractivity contribution >= 4 is 17.3 Å². The normalized spacial score (nSPS) is 22.1. The zero-order valence-corrected chi connectivity index (χ0v) is 13.4. The van der Waals surface area contributed by atoms with Gasteiger partial charge < -0.3 is 10.2 Å². The second-order valence-corrected chi connectivity index (χ2v) is 6.54. The summed E-state index contributed by atoms with van der Waals surface area (Å²) in [5.74, 6) is 0.230. The Hall–Kier alpha value is -2.80. The molecule has 0 spiro atoms. The van der Waals surface area contributed by atoms with E-state index in [1.807, 2.05) is 47.4 Å². The van der Waals surface area contributed by atoms with Crippen LogP contribution in [0.15, 0.2) is 48.5 Å². The molecule has 1 N–H and O–H groups in total. The number of carbonyl (C=O) groups excluding carboxylic acids is 1. The highest BCUT2D eigenvalue weighted by atomic mass is 16.2. The van der Waals surface area contributed by atoms with Gasteiger partial charge in [-0.2, -0.15) is 5.26 Å². The first kappa shape index (κ1) is 14.8. The molecule has 0 unspecified atom stereocenters. The average molecular weight is 317 g/mol. The molecule has 0 radical (unpaired) electrons. The van der Waals surface area contributed by atoms with Crippen LogP contribution in [0.1, 0.15) is 30.4 Å². The van der Waals surface area contributed by atoms with Crippen molar-refractivity contribution in [3.8, 4) is 6.07 Å². The Morgan fingerprint density at radius 3 is 2.92 bits per heavy atom. The molecule has 1 amide bonds. The van der Waals surface area contributed by atoms with Crippen LogP contribution in [0, 0.1) is 17.2 Å². The van der Waals surface area contributed by atoms with Gasteiger partial charge in [-0.25, -0.2) is 0 Å². The first-order valence-corrected chi connectivity index (χ1v) is 8.42. The summed E-state index contributed by atoms with van der Waals surface area (Å²) in [6.45, 7) is 0.496. The van der Waals surface area contributed by atoms with Crippen LogP contribution < -0.4 is 10.2 Å². The second-order valence-electron chi connectivity index (χ2n) is 6.54. The molecular weight excluding hydrogens is 298 g/mol. The van der Waals surface area contributed by atoms with Gasteiger partial charge in [0, 0.05) is 6.04 Å². The molecule has 24 heavy (non-hydrogen) atoms. The van der Waals surface area contributed by atoms with Crippen LogP contribution in [0.2, 0.25) is 0 Å². The highest BCUT2D eigenvalue weighted by molar-refractivity contribution is 6.00. The zero-order valence-electron chi connectivity index (χ0n) is 13.4. The Morgan fingerprint density at radius 2 is 2.04 bits per heavy atom. The number of nitriles is 1. The first-order chi connectivity index (χ1) is 11.8. The summed E-state index contributed by atoms with van der Waals surface area (Å²) in [5, 5.41) is 12.7. The SMILES string of the molecule is N#Cc1cccc(CN2C(=O)[C@H]3CCC[C@H]3Nc3ccccc32)c1. The summed E-state index contributed by atoms with van der Waals surface area (Å²) in [7, 11) is 0. The van der Waals surface area contributed by atoms with E-state index >= 15 is 0 Å². The molecule has 4 nitrogen and oxygen atoms in total. The predicted octanol–water partition coefficient (Wildman–Crippen LogP) is 3.69. The van der Waals surface area contributed by atoms with Gasteiger partial charge in [-0.15, -0.1) is 0 Å². The van der Waals surface area contributed by atoms with Crippen molar-refractivity contribution in [1.82, 2.24) is 0 Å². The molecule has 1 aliphatic carbocycles. The van der Waals surface area contributed by atoms with Gasteiger partial charge in [0.2, 0.25) is 5.91 Å². The maximum absolute atomic E-state index is 13.2. The second kappa shape index (κ2) is 6.01. The maximum Gasteiger partial charge on any atom is 0.232 e. The lowest BCUT2D eigenvalue weighted by molar-refractivity contribution is -0.122. The third-order valence-corrected chi connectivity index (χ3v) is 5.03. The van der Waals surface area contributed by atoms with Gasteiger partial charge in [0.25, 0.3) is 0 Å². The molecule has 120 valence electrons. The summed E-state index contributed by atoms with van der Waals surface area (Å²) >= 11 is 0.